The number of benzene rings is 1. The number of hydrogen-bond donors (Lipinski definition) is 4. The fourth-order valence-corrected chi connectivity index (χ4v) is 3.24. The van der Waals surface area contributed by atoms with Gasteiger partial charge in [0.15, 0.2) is 5.37 Å². The smallest absolute Gasteiger partial charge is 0.321 e. The molecule has 0 spiro atoms. The van der Waals surface area contributed by atoms with Crippen molar-refractivity contribution in [3.8, 4) is 0 Å². The predicted octanol–water partition coefficient (Wildman–Crippen LogP) is 1.21. The molecule has 0 bridgehead atoms. The predicted molar refractivity (Wildman–Crippen MR) is 101 cm³/mol. The maximum Gasteiger partial charge on any atom is 0.321 e. The second kappa shape index (κ2) is 11.8. The Labute approximate surface area is 155 Å². The molecule has 2 atom stereocenters. The van der Waals surface area contributed by atoms with Gasteiger partial charge in [-0.1, -0.05) is 30.3 Å². The Morgan fingerprint density at radius 2 is 1.88 bits per heavy atom. The van der Waals surface area contributed by atoms with Crippen molar-refractivity contribution in [2.24, 2.45) is 0 Å². The van der Waals surface area contributed by atoms with Gasteiger partial charge in [-0.2, -0.15) is 11.8 Å². The summed E-state index contributed by atoms with van der Waals surface area (Å²) in [5.74, 6) is -1.08. The summed E-state index contributed by atoms with van der Waals surface area (Å²) in [7, 11) is 0. The first-order valence-electron chi connectivity index (χ1n) is 7.65. The Kier molecular flexibility index (Phi) is 10.0. The van der Waals surface area contributed by atoms with E-state index in [0.29, 0.717) is 18.7 Å². The van der Waals surface area contributed by atoms with E-state index in [1.54, 1.807) is 11.8 Å². The van der Waals surface area contributed by atoms with E-state index in [1.165, 1.54) is 6.92 Å². The molecule has 1 rings (SSSR count). The van der Waals surface area contributed by atoms with E-state index in [1.807, 2.05) is 36.6 Å². The molecule has 0 fully saturated rings. The van der Waals surface area contributed by atoms with Gasteiger partial charge in [0.05, 0.1) is 0 Å². The first-order chi connectivity index (χ1) is 11.9. The molecule has 1 aromatic carbocycles. The van der Waals surface area contributed by atoms with Crippen LogP contribution in [0.4, 0.5) is 0 Å². The highest BCUT2D eigenvalue weighted by molar-refractivity contribution is 7.99. The molecule has 9 heteroatoms. The molecular weight excluding hydrogens is 362 g/mol. The Balaban J connectivity index is 2.60. The van der Waals surface area contributed by atoms with E-state index in [-0.39, 0.29) is 5.91 Å². The van der Waals surface area contributed by atoms with Crippen molar-refractivity contribution in [2.75, 3.05) is 12.0 Å². The molecular formula is C16H23N3O4S2. The number of thioether (sulfide) groups is 1. The molecule has 25 heavy (non-hydrogen) atoms. The number of aliphatic carboxylic acids is 1. The fraction of sp³-hybridized carbons (Fsp3) is 0.438. The highest BCUT2D eigenvalue weighted by atomic mass is 32.2. The van der Waals surface area contributed by atoms with Crippen molar-refractivity contribution in [3.63, 3.8) is 0 Å². The number of carboxylic acid groups (broad SMARTS) is 1. The van der Waals surface area contributed by atoms with Crippen LogP contribution >= 0.6 is 23.7 Å². The quantitative estimate of drug-likeness (QED) is 0.335. The van der Waals surface area contributed by atoms with Gasteiger partial charge in [0.25, 0.3) is 5.91 Å². The highest BCUT2D eigenvalue weighted by Gasteiger charge is 2.24. The lowest BCUT2D eigenvalue weighted by Gasteiger charge is -2.20. The summed E-state index contributed by atoms with van der Waals surface area (Å²) in [5.41, 5.74) is 0.929. The second-order valence-corrected chi connectivity index (χ2v) is 7.12. The van der Waals surface area contributed by atoms with Gasteiger partial charge in [0, 0.05) is 13.5 Å². The molecule has 7 nitrogen and oxygen atoms in total. The van der Waals surface area contributed by atoms with Crippen molar-refractivity contribution in [1.82, 2.24) is 15.4 Å². The number of nitrogens with one attached hydrogen (secondary N) is 3. The molecule has 0 saturated heterocycles. The van der Waals surface area contributed by atoms with Crippen LogP contribution in [-0.4, -0.2) is 46.3 Å². The molecule has 0 aliphatic carbocycles. The molecule has 0 aromatic heterocycles. The summed E-state index contributed by atoms with van der Waals surface area (Å²) in [6.45, 7) is 1.63. The fourth-order valence-electron chi connectivity index (χ4n) is 1.83. The Morgan fingerprint density at radius 1 is 1.20 bits per heavy atom. The van der Waals surface area contributed by atoms with E-state index in [0.717, 1.165) is 17.5 Å². The van der Waals surface area contributed by atoms with Gasteiger partial charge in [0.2, 0.25) is 5.91 Å². The van der Waals surface area contributed by atoms with Crippen LogP contribution in [0.1, 0.15) is 18.9 Å². The van der Waals surface area contributed by atoms with Crippen molar-refractivity contribution in [3.05, 3.63) is 35.9 Å². The number of rotatable bonds is 11. The van der Waals surface area contributed by atoms with Gasteiger partial charge in [-0.05, 0) is 35.9 Å². The van der Waals surface area contributed by atoms with Crippen LogP contribution in [0.3, 0.4) is 0 Å². The lowest BCUT2D eigenvalue weighted by molar-refractivity contribution is -0.139. The first kappa shape index (κ1) is 21.3. The lowest BCUT2D eigenvalue weighted by Crippen LogP contribution is -2.46. The van der Waals surface area contributed by atoms with Gasteiger partial charge in [-0.25, -0.2) is 4.72 Å². The number of carbonyl (C=O) groups excluding carboxylic acids is 2. The summed E-state index contributed by atoms with van der Waals surface area (Å²) in [5, 5.41) is 13.5. The third-order valence-corrected chi connectivity index (χ3v) is 4.75. The highest BCUT2D eigenvalue weighted by Crippen LogP contribution is 2.10. The van der Waals surface area contributed by atoms with Gasteiger partial charge >= 0.3 is 5.97 Å². The topological polar surface area (TPSA) is 108 Å². The SMILES string of the molecule is CSCC[C@H](NSC(NC(C)=O)C(=O)NCc1ccccc1)C(=O)O. The molecule has 0 aliphatic heterocycles. The zero-order valence-electron chi connectivity index (χ0n) is 14.2. The maximum atomic E-state index is 12.3. The summed E-state index contributed by atoms with van der Waals surface area (Å²) < 4.78 is 2.77. The largest absolute Gasteiger partial charge is 0.480 e. The van der Waals surface area contributed by atoms with Crippen molar-refractivity contribution >= 4 is 41.5 Å². The van der Waals surface area contributed by atoms with Crippen LogP contribution in [0.25, 0.3) is 0 Å². The monoisotopic (exact) mass is 385 g/mol. The van der Waals surface area contributed by atoms with Crippen molar-refractivity contribution < 1.29 is 19.5 Å². The Morgan fingerprint density at radius 3 is 2.44 bits per heavy atom. The van der Waals surface area contributed by atoms with Crippen LogP contribution in [0.15, 0.2) is 30.3 Å². The van der Waals surface area contributed by atoms with E-state index < -0.39 is 23.3 Å². The number of amides is 2. The van der Waals surface area contributed by atoms with Gasteiger partial charge in [-0.3, -0.25) is 14.4 Å². The standard InChI is InChI=1S/C16H23N3O4S2/c1-11(20)18-15(25-19-13(16(22)23)8-9-24-2)14(21)17-10-12-6-4-3-5-7-12/h3-7,13,15,19H,8-10H2,1-2H3,(H,17,21)(H,18,20)(H,22,23)/t13-,15?/m0/s1. The minimum absolute atomic E-state index is 0.325. The molecule has 1 aromatic rings. The van der Waals surface area contributed by atoms with Crippen LogP contribution < -0.4 is 15.4 Å². The average Bonchev–Trinajstić information content (AvgIpc) is 2.58. The Hall–Kier alpha value is -1.71. The summed E-state index contributed by atoms with van der Waals surface area (Å²) in [6.07, 6.45) is 2.31. The molecule has 0 saturated carbocycles. The summed E-state index contributed by atoms with van der Waals surface area (Å²) in [4.78, 5) is 34.9. The lowest BCUT2D eigenvalue weighted by atomic mass is 10.2. The maximum absolute atomic E-state index is 12.3. The molecule has 1 unspecified atom stereocenters. The molecule has 0 aliphatic rings. The van der Waals surface area contributed by atoms with Gasteiger partial charge < -0.3 is 15.7 Å². The van der Waals surface area contributed by atoms with Crippen LogP contribution in [0, 0.1) is 0 Å². The van der Waals surface area contributed by atoms with E-state index >= 15 is 0 Å². The number of carboxylic acids is 1. The third-order valence-electron chi connectivity index (χ3n) is 3.12. The molecule has 2 amide bonds. The minimum atomic E-state index is -0.993. The van der Waals surface area contributed by atoms with Crippen LogP contribution in [0.2, 0.25) is 0 Å². The molecule has 0 radical (unpaired) electrons. The molecule has 0 heterocycles. The van der Waals surface area contributed by atoms with E-state index in [9.17, 15) is 19.5 Å². The minimum Gasteiger partial charge on any atom is -0.480 e. The molecule has 138 valence electrons. The van der Waals surface area contributed by atoms with Gasteiger partial charge in [-0.15, -0.1) is 0 Å². The average molecular weight is 386 g/mol. The second-order valence-electron chi connectivity index (χ2n) is 5.19. The zero-order valence-corrected chi connectivity index (χ0v) is 15.8. The number of hydrogen-bond acceptors (Lipinski definition) is 6. The number of carbonyl (C=O) groups is 3. The summed E-state index contributed by atoms with van der Waals surface area (Å²) >= 11 is 2.44. The Bertz CT molecular complexity index is 572. The van der Waals surface area contributed by atoms with Crippen LogP contribution in [-0.2, 0) is 20.9 Å². The van der Waals surface area contributed by atoms with E-state index in [4.69, 9.17) is 0 Å². The van der Waals surface area contributed by atoms with E-state index in [2.05, 4.69) is 15.4 Å². The van der Waals surface area contributed by atoms with Crippen molar-refractivity contribution in [1.29, 1.82) is 0 Å². The van der Waals surface area contributed by atoms with Crippen LogP contribution in [0.5, 0.6) is 0 Å². The first-order valence-corrected chi connectivity index (χ1v) is 9.93. The summed E-state index contributed by atoms with van der Waals surface area (Å²) in [6, 6.07) is 8.57. The molecule has 4 N–H and O–H groups in total. The van der Waals surface area contributed by atoms with Gasteiger partial charge in [0.1, 0.15) is 6.04 Å². The normalized spacial score (nSPS) is 12.9. The van der Waals surface area contributed by atoms with Crippen molar-refractivity contribution in [2.45, 2.75) is 31.3 Å². The zero-order chi connectivity index (χ0) is 18.7. The third kappa shape index (κ3) is 8.80.